The van der Waals surface area contributed by atoms with Gasteiger partial charge in [-0.15, -0.1) is 0 Å². The quantitative estimate of drug-likeness (QED) is 0.352. The molecule has 1 amide bonds. The van der Waals surface area contributed by atoms with E-state index in [1.807, 2.05) is 4.90 Å². The van der Waals surface area contributed by atoms with E-state index in [2.05, 4.69) is 30.4 Å². The van der Waals surface area contributed by atoms with Crippen LogP contribution in [0.15, 0.2) is 61.4 Å². The molecule has 1 aliphatic heterocycles. The minimum atomic E-state index is -4.63. The molecular formula is C23H18F5N7O2. The number of pyridine rings is 1. The molecular weight excluding hydrogens is 501 g/mol. The smallest absolute Gasteiger partial charge is 0.417 e. The van der Waals surface area contributed by atoms with E-state index in [1.54, 1.807) is 29.3 Å². The SMILES string of the molecule is O=C(Nc1cncc(C(F)(F)F)c1)c1ccc(OC(F)F)c(NC2CN(c3cnn4ccncc34)C2)c1. The first-order chi connectivity index (χ1) is 17.7. The van der Waals surface area contributed by atoms with Gasteiger partial charge in [-0.05, 0) is 24.3 Å². The molecule has 1 fully saturated rings. The number of halogens is 5. The van der Waals surface area contributed by atoms with E-state index in [1.165, 1.54) is 18.2 Å². The summed E-state index contributed by atoms with van der Waals surface area (Å²) in [5, 5.41) is 9.70. The molecule has 9 nitrogen and oxygen atoms in total. The predicted molar refractivity (Wildman–Crippen MR) is 123 cm³/mol. The third kappa shape index (κ3) is 5.22. The fourth-order valence-corrected chi connectivity index (χ4v) is 3.90. The maximum Gasteiger partial charge on any atom is 0.417 e. The zero-order valence-corrected chi connectivity index (χ0v) is 18.8. The lowest BCUT2D eigenvalue weighted by Crippen LogP contribution is -2.55. The summed E-state index contributed by atoms with van der Waals surface area (Å²) in [6.45, 7) is -2.08. The van der Waals surface area contributed by atoms with Crippen LogP contribution >= 0.6 is 0 Å². The van der Waals surface area contributed by atoms with Crippen molar-refractivity contribution in [3.63, 3.8) is 0 Å². The summed E-state index contributed by atoms with van der Waals surface area (Å²) in [6.07, 6.45) is 3.79. The molecule has 3 aromatic heterocycles. The van der Waals surface area contributed by atoms with Gasteiger partial charge >= 0.3 is 12.8 Å². The first-order valence-electron chi connectivity index (χ1n) is 10.9. The summed E-state index contributed by atoms with van der Waals surface area (Å²) in [4.78, 5) is 22.3. The minimum Gasteiger partial charge on any atom is -0.433 e. The fraction of sp³-hybridized carbons (Fsp3) is 0.217. The van der Waals surface area contributed by atoms with E-state index in [4.69, 9.17) is 0 Å². The Morgan fingerprint density at radius 1 is 1.08 bits per heavy atom. The molecule has 0 aliphatic carbocycles. The lowest BCUT2D eigenvalue weighted by atomic mass is 10.1. The van der Waals surface area contributed by atoms with Crippen molar-refractivity contribution in [2.75, 3.05) is 28.6 Å². The number of alkyl halides is 5. The molecule has 37 heavy (non-hydrogen) atoms. The van der Waals surface area contributed by atoms with Gasteiger partial charge in [0.15, 0.2) is 0 Å². The topological polar surface area (TPSA) is 96.7 Å². The highest BCUT2D eigenvalue weighted by Gasteiger charge is 2.32. The van der Waals surface area contributed by atoms with Gasteiger partial charge in [-0.1, -0.05) is 0 Å². The molecule has 1 aliphatic rings. The lowest BCUT2D eigenvalue weighted by Gasteiger charge is -2.41. The number of anilines is 3. The van der Waals surface area contributed by atoms with Crippen LogP contribution in [0.25, 0.3) is 5.52 Å². The molecule has 2 N–H and O–H groups in total. The van der Waals surface area contributed by atoms with Gasteiger partial charge in [-0.3, -0.25) is 14.8 Å². The molecule has 4 aromatic rings. The average Bonchev–Trinajstić information content (AvgIpc) is 3.25. The van der Waals surface area contributed by atoms with Crippen molar-refractivity contribution in [3.05, 3.63) is 72.6 Å². The van der Waals surface area contributed by atoms with Crippen LogP contribution in [0.4, 0.5) is 39.0 Å². The van der Waals surface area contributed by atoms with Crippen LogP contribution in [0, 0.1) is 0 Å². The van der Waals surface area contributed by atoms with Crippen LogP contribution in [0.2, 0.25) is 0 Å². The third-order valence-corrected chi connectivity index (χ3v) is 5.67. The van der Waals surface area contributed by atoms with E-state index in [0.29, 0.717) is 19.3 Å². The van der Waals surface area contributed by atoms with Gasteiger partial charge in [0.05, 0.1) is 47.3 Å². The second kappa shape index (κ2) is 9.52. The van der Waals surface area contributed by atoms with Gasteiger partial charge in [0.1, 0.15) is 11.3 Å². The fourth-order valence-electron chi connectivity index (χ4n) is 3.90. The molecule has 192 valence electrons. The Morgan fingerprint density at radius 3 is 2.65 bits per heavy atom. The Morgan fingerprint density at radius 2 is 1.89 bits per heavy atom. The van der Waals surface area contributed by atoms with Gasteiger partial charge in [0, 0.05) is 37.2 Å². The van der Waals surface area contributed by atoms with E-state index >= 15 is 0 Å². The van der Waals surface area contributed by atoms with E-state index in [9.17, 15) is 26.7 Å². The monoisotopic (exact) mass is 519 g/mol. The van der Waals surface area contributed by atoms with Gasteiger partial charge in [-0.2, -0.15) is 27.1 Å². The molecule has 0 unspecified atom stereocenters. The number of fused-ring (bicyclic) bond motifs is 1. The van der Waals surface area contributed by atoms with Crippen LogP contribution < -0.4 is 20.3 Å². The number of nitrogens with zero attached hydrogens (tertiary/aromatic N) is 5. The van der Waals surface area contributed by atoms with E-state index < -0.39 is 24.3 Å². The number of nitrogens with one attached hydrogen (secondary N) is 2. The number of benzene rings is 1. The van der Waals surface area contributed by atoms with Crippen LogP contribution in [-0.4, -0.2) is 51.2 Å². The molecule has 1 saturated heterocycles. The summed E-state index contributed by atoms with van der Waals surface area (Å²) in [6, 6.07) is 4.31. The third-order valence-electron chi connectivity index (χ3n) is 5.67. The van der Waals surface area contributed by atoms with E-state index in [0.717, 1.165) is 23.5 Å². The van der Waals surface area contributed by atoms with Crippen molar-refractivity contribution in [1.82, 2.24) is 19.6 Å². The highest BCUT2D eigenvalue weighted by Crippen LogP contribution is 2.33. The van der Waals surface area contributed by atoms with Crippen molar-refractivity contribution in [1.29, 1.82) is 0 Å². The predicted octanol–water partition coefficient (Wildman–Crippen LogP) is 4.30. The standard InChI is InChI=1S/C23H18F5N7O2/c24-22(25)37-20-2-1-13(21(36)33-15-6-14(7-30-8-15)23(26,27)28)5-17(20)32-16-11-34(12-16)18-10-31-35-4-3-29-9-19(18)35/h1-10,16,22,32H,11-12H2,(H,33,36). The van der Waals surface area contributed by atoms with Gasteiger partial charge in [0.25, 0.3) is 5.91 Å². The molecule has 4 heterocycles. The number of hydrogen-bond donors (Lipinski definition) is 2. The zero-order valence-electron chi connectivity index (χ0n) is 18.8. The summed E-state index contributed by atoms with van der Waals surface area (Å²) >= 11 is 0. The molecule has 14 heteroatoms. The van der Waals surface area contributed by atoms with Gasteiger partial charge < -0.3 is 20.3 Å². The number of aromatic nitrogens is 4. The maximum atomic E-state index is 13.0. The number of amides is 1. The highest BCUT2D eigenvalue weighted by atomic mass is 19.4. The summed E-state index contributed by atoms with van der Waals surface area (Å²) < 4.78 is 71.0. The van der Waals surface area contributed by atoms with Crippen molar-refractivity contribution in [2.45, 2.75) is 18.8 Å². The van der Waals surface area contributed by atoms with Crippen LogP contribution in [-0.2, 0) is 6.18 Å². The Bertz CT molecular complexity index is 1440. The minimum absolute atomic E-state index is 0.0198. The number of carbonyl (C=O) groups is 1. The van der Waals surface area contributed by atoms with Crippen molar-refractivity contribution in [3.8, 4) is 5.75 Å². The molecule has 0 spiro atoms. The first-order valence-corrected chi connectivity index (χ1v) is 10.9. The molecule has 0 atom stereocenters. The zero-order chi connectivity index (χ0) is 26.2. The molecule has 0 bridgehead atoms. The molecule has 5 rings (SSSR count). The van der Waals surface area contributed by atoms with Crippen LogP contribution in [0.3, 0.4) is 0 Å². The molecule has 0 saturated carbocycles. The second-order valence-corrected chi connectivity index (χ2v) is 8.19. The lowest BCUT2D eigenvalue weighted by molar-refractivity contribution is -0.137. The summed E-state index contributed by atoms with van der Waals surface area (Å²) in [7, 11) is 0. The first kappa shape index (κ1) is 24.2. The molecule has 0 radical (unpaired) electrons. The maximum absolute atomic E-state index is 13.0. The van der Waals surface area contributed by atoms with Crippen molar-refractivity contribution in [2.24, 2.45) is 0 Å². The number of rotatable bonds is 7. The Balaban J connectivity index is 1.31. The largest absolute Gasteiger partial charge is 0.433 e. The summed E-state index contributed by atoms with van der Waals surface area (Å²) in [5.41, 5.74) is 0.640. The van der Waals surface area contributed by atoms with Crippen molar-refractivity contribution < 1.29 is 31.5 Å². The normalized spacial score (nSPS) is 14.1. The van der Waals surface area contributed by atoms with Gasteiger partial charge in [0.2, 0.25) is 0 Å². The number of ether oxygens (including phenoxy) is 1. The second-order valence-electron chi connectivity index (χ2n) is 8.19. The van der Waals surface area contributed by atoms with Crippen molar-refractivity contribution >= 4 is 28.5 Å². The highest BCUT2D eigenvalue weighted by molar-refractivity contribution is 6.05. The Kier molecular flexibility index (Phi) is 6.23. The molecule has 1 aromatic carbocycles. The Labute approximate surface area is 205 Å². The summed E-state index contributed by atoms with van der Waals surface area (Å²) in [5.74, 6) is -0.923. The average molecular weight is 519 g/mol. The van der Waals surface area contributed by atoms with E-state index in [-0.39, 0.29) is 28.7 Å². The Hall–Kier alpha value is -4.49. The van der Waals surface area contributed by atoms with Crippen LogP contribution in [0.1, 0.15) is 15.9 Å². The number of carbonyl (C=O) groups excluding carboxylic acids is 1. The number of hydrogen-bond acceptors (Lipinski definition) is 7. The van der Waals surface area contributed by atoms with Gasteiger partial charge in [-0.25, -0.2) is 4.52 Å². The van der Waals surface area contributed by atoms with Crippen LogP contribution in [0.5, 0.6) is 5.75 Å².